The average molecular weight is 231 g/mol. The number of alkyl halides is 2. The van der Waals surface area contributed by atoms with Gasteiger partial charge in [-0.2, -0.15) is 11.3 Å². The van der Waals surface area contributed by atoms with Crippen molar-refractivity contribution in [2.75, 3.05) is 6.54 Å². The molecule has 0 unspecified atom stereocenters. The second kappa shape index (κ2) is 3.83. The molecule has 1 nitrogen and oxygen atoms in total. The van der Waals surface area contributed by atoms with Gasteiger partial charge in [0.25, 0.3) is 0 Å². The van der Waals surface area contributed by atoms with Crippen molar-refractivity contribution in [1.82, 2.24) is 0 Å². The maximum absolute atomic E-state index is 12.8. The fourth-order valence-electron chi connectivity index (χ4n) is 2.31. The lowest BCUT2D eigenvalue weighted by molar-refractivity contribution is -0.159. The van der Waals surface area contributed by atoms with Gasteiger partial charge in [0, 0.05) is 12.8 Å². The van der Waals surface area contributed by atoms with Gasteiger partial charge in [0.05, 0.1) is 0 Å². The van der Waals surface area contributed by atoms with Gasteiger partial charge in [-0.15, -0.1) is 0 Å². The molecule has 2 rings (SSSR count). The maximum atomic E-state index is 12.8. The van der Waals surface area contributed by atoms with Crippen molar-refractivity contribution in [3.8, 4) is 0 Å². The molecule has 84 valence electrons. The minimum Gasteiger partial charge on any atom is -0.330 e. The second-order valence-corrected chi connectivity index (χ2v) is 5.33. The molecule has 1 aliphatic carbocycles. The predicted molar refractivity (Wildman–Crippen MR) is 58.3 cm³/mol. The second-order valence-electron chi connectivity index (χ2n) is 4.55. The van der Waals surface area contributed by atoms with E-state index < -0.39 is 5.92 Å². The highest BCUT2D eigenvalue weighted by Crippen LogP contribution is 2.53. The first kappa shape index (κ1) is 11.0. The summed E-state index contributed by atoms with van der Waals surface area (Å²) >= 11 is 1.64. The van der Waals surface area contributed by atoms with Crippen molar-refractivity contribution in [2.45, 2.75) is 31.6 Å². The standard InChI is InChI=1S/C11H15F2NS/c12-11(13)6-10(7-11,8-14)3-1-9-2-4-15-5-9/h2,4-5H,1,3,6-8,14H2. The summed E-state index contributed by atoms with van der Waals surface area (Å²) in [5.41, 5.74) is 6.54. The van der Waals surface area contributed by atoms with Crippen LogP contribution in [0.3, 0.4) is 0 Å². The number of thiophene rings is 1. The van der Waals surface area contributed by atoms with Crippen molar-refractivity contribution >= 4 is 11.3 Å². The Labute approximate surface area is 92.3 Å². The SMILES string of the molecule is NCC1(CCc2ccsc2)CC(F)(F)C1. The van der Waals surface area contributed by atoms with E-state index >= 15 is 0 Å². The summed E-state index contributed by atoms with van der Waals surface area (Å²) in [5, 5.41) is 4.08. The van der Waals surface area contributed by atoms with Crippen LogP contribution in [0.4, 0.5) is 8.78 Å². The fourth-order valence-corrected chi connectivity index (χ4v) is 3.02. The quantitative estimate of drug-likeness (QED) is 0.846. The van der Waals surface area contributed by atoms with E-state index in [4.69, 9.17) is 5.73 Å². The van der Waals surface area contributed by atoms with Crippen molar-refractivity contribution in [3.63, 3.8) is 0 Å². The third-order valence-corrected chi connectivity index (χ3v) is 3.96. The van der Waals surface area contributed by atoms with Crippen LogP contribution >= 0.6 is 11.3 Å². The highest BCUT2D eigenvalue weighted by molar-refractivity contribution is 7.07. The molecular formula is C11H15F2NS. The van der Waals surface area contributed by atoms with E-state index in [2.05, 4.69) is 5.38 Å². The highest BCUT2D eigenvalue weighted by atomic mass is 32.1. The van der Waals surface area contributed by atoms with E-state index in [1.165, 1.54) is 5.56 Å². The monoisotopic (exact) mass is 231 g/mol. The summed E-state index contributed by atoms with van der Waals surface area (Å²) in [7, 11) is 0. The van der Waals surface area contributed by atoms with Crippen LogP contribution in [0, 0.1) is 5.41 Å². The Morgan fingerprint density at radius 1 is 1.40 bits per heavy atom. The Bertz CT molecular complexity index is 313. The van der Waals surface area contributed by atoms with Gasteiger partial charge in [-0.05, 0) is 47.2 Å². The lowest BCUT2D eigenvalue weighted by Crippen LogP contribution is -2.50. The van der Waals surface area contributed by atoms with Gasteiger partial charge >= 0.3 is 0 Å². The first-order chi connectivity index (χ1) is 7.05. The van der Waals surface area contributed by atoms with Crippen LogP contribution < -0.4 is 5.73 Å². The Kier molecular flexibility index (Phi) is 2.81. The summed E-state index contributed by atoms with van der Waals surface area (Å²) in [6.45, 7) is 0.382. The minimum absolute atomic E-state index is 0.0271. The molecule has 1 aromatic rings. The van der Waals surface area contributed by atoms with Crippen LogP contribution in [0.2, 0.25) is 0 Å². The average Bonchev–Trinajstić information content (AvgIpc) is 2.63. The zero-order chi connectivity index (χ0) is 10.9. The Morgan fingerprint density at radius 2 is 2.13 bits per heavy atom. The molecule has 2 N–H and O–H groups in total. The number of hydrogen-bond acceptors (Lipinski definition) is 2. The molecule has 0 amide bonds. The lowest BCUT2D eigenvalue weighted by Gasteiger charge is -2.47. The maximum Gasteiger partial charge on any atom is 0.249 e. The van der Waals surface area contributed by atoms with E-state index in [-0.39, 0.29) is 18.3 Å². The highest BCUT2D eigenvalue weighted by Gasteiger charge is 2.54. The van der Waals surface area contributed by atoms with Gasteiger partial charge < -0.3 is 5.73 Å². The number of rotatable bonds is 4. The van der Waals surface area contributed by atoms with Gasteiger partial charge in [0.2, 0.25) is 5.92 Å². The van der Waals surface area contributed by atoms with Gasteiger partial charge in [0.15, 0.2) is 0 Å². The van der Waals surface area contributed by atoms with Gasteiger partial charge in [-0.3, -0.25) is 0 Å². The first-order valence-electron chi connectivity index (χ1n) is 5.14. The first-order valence-corrected chi connectivity index (χ1v) is 6.09. The molecule has 0 saturated heterocycles. The number of aryl methyl sites for hydroxylation is 1. The van der Waals surface area contributed by atoms with E-state index in [9.17, 15) is 8.78 Å². The van der Waals surface area contributed by atoms with Crippen LogP contribution in [-0.4, -0.2) is 12.5 Å². The molecule has 1 aromatic heterocycles. The number of hydrogen-bond donors (Lipinski definition) is 1. The molecule has 0 aliphatic heterocycles. The summed E-state index contributed by atoms with van der Waals surface area (Å²) in [4.78, 5) is 0. The van der Waals surface area contributed by atoms with E-state index in [0.29, 0.717) is 6.54 Å². The van der Waals surface area contributed by atoms with Crippen LogP contribution in [0.1, 0.15) is 24.8 Å². The fraction of sp³-hybridized carbons (Fsp3) is 0.636. The van der Waals surface area contributed by atoms with Crippen molar-refractivity contribution < 1.29 is 8.78 Å². The molecule has 1 aliphatic rings. The van der Waals surface area contributed by atoms with E-state index in [1.807, 2.05) is 11.4 Å². The normalized spacial score (nSPS) is 22.3. The third-order valence-electron chi connectivity index (χ3n) is 3.22. The summed E-state index contributed by atoms with van der Waals surface area (Å²) in [6.07, 6.45) is 1.61. The van der Waals surface area contributed by atoms with Crippen molar-refractivity contribution in [3.05, 3.63) is 22.4 Å². The Morgan fingerprint density at radius 3 is 2.60 bits per heavy atom. The molecule has 0 spiro atoms. The van der Waals surface area contributed by atoms with Crippen LogP contribution in [0.5, 0.6) is 0 Å². The zero-order valence-electron chi connectivity index (χ0n) is 8.51. The Balaban J connectivity index is 1.88. The third kappa shape index (κ3) is 2.37. The summed E-state index contributed by atoms with van der Waals surface area (Å²) < 4.78 is 25.7. The number of nitrogens with two attached hydrogens (primary N) is 1. The summed E-state index contributed by atoms with van der Waals surface area (Å²) in [6, 6.07) is 2.05. The van der Waals surface area contributed by atoms with Crippen LogP contribution in [0.15, 0.2) is 16.8 Å². The largest absolute Gasteiger partial charge is 0.330 e. The predicted octanol–water partition coefficient (Wildman–Crippen LogP) is 3.05. The molecule has 15 heavy (non-hydrogen) atoms. The molecule has 1 saturated carbocycles. The molecule has 0 bridgehead atoms. The van der Waals surface area contributed by atoms with Gasteiger partial charge in [-0.25, -0.2) is 8.78 Å². The Hall–Kier alpha value is -0.480. The minimum atomic E-state index is -2.46. The number of halogens is 2. The van der Waals surface area contributed by atoms with Crippen molar-refractivity contribution in [1.29, 1.82) is 0 Å². The smallest absolute Gasteiger partial charge is 0.249 e. The molecule has 0 aromatic carbocycles. The molecule has 4 heteroatoms. The van der Waals surface area contributed by atoms with Crippen LogP contribution in [0.25, 0.3) is 0 Å². The van der Waals surface area contributed by atoms with Gasteiger partial charge in [-0.1, -0.05) is 0 Å². The molecule has 1 heterocycles. The summed E-state index contributed by atoms with van der Waals surface area (Å²) in [5.74, 6) is -2.46. The van der Waals surface area contributed by atoms with E-state index in [0.717, 1.165) is 12.8 Å². The molecule has 0 radical (unpaired) electrons. The molecular weight excluding hydrogens is 216 g/mol. The van der Waals surface area contributed by atoms with Crippen molar-refractivity contribution in [2.24, 2.45) is 11.1 Å². The van der Waals surface area contributed by atoms with Crippen LogP contribution in [-0.2, 0) is 6.42 Å². The topological polar surface area (TPSA) is 26.0 Å². The van der Waals surface area contributed by atoms with E-state index in [1.54, 1.807) is 11.3 Å². The lowest BCUT2D eigenvalue weighted by atomic mass is 9.63. The zero-order valence-corrected chi connectivity index (χ0v) is 9.33. The molecule has 0 atom stereocenters. The van der Waals surface area contributed by atoms with Gasteiger partial charge in [0.1, 0.15) is 0 Å². The molecule has 1 fully saturated rings.